The van der Waals surface area contributed by atoms with Gasteiger partial charge in [-0.2, -0.15) is 0 Å². The second-order valence-electron chi connectivity index (χ2n) is 2.01. The molecular weight excluding hydrogens is 180 g/mol. The predicted molar refractivity (Wildman–Crippen MR) is 37.1 cm³/mol. The molecule has 0 unspecified atom stereocenters. The molecular formula is C5H6N4O4. The lowest BCUT2D eigenvalue weighted by atomic mass is 10.3. The van der Waals surface area contributed by atoms with E-state index in [9.17, 15) is 9.59 Å². The number of rotatable bonds is 2. The van der Waals surface area contributed by atoms with Gasteiger partial charge in [-0.25, -0.2) is 15.9 Å². The Morgan fingerprint density at radius 2 is 1.92 bits per heavy atom. The minimum atomic E-state index is -0.945. The van der Waals surface area contributed by atoms with E-state index < -0.39 is 11.8 Å². The number of hydrogen-bond acceptors (Lipinski definition) is 5. The van der Waals surface area contributed by atoms with Gasteiger partial charge in [0.05, 0.1) is 6.33 Å². The SMILES string of the molecule is O=C(NO)c1nc[nH]c1C(=O)NO. The molecule has 1 rings (SSSR count). The molecule has 0 atom stereocenters. The monoisotopic (exact) mass is 186 g/mol. The fourth-order valence-electron chi connectivity index (χ4n) is 0.748. The van der Waals surface area contributed by atoms with Gasteiger partial charge in [0.25, 0.3) is 11.8 Å². The van der Waals surface area contributed by atoms with Crippen LogP contribution in [0.2, 0.25) is 0 Å². The third-order valence-corrected chi connectivity index (χ3v) is 1.28. The minimum absolute atomic E-state index is 0.242. The standard InChI is InChI=1S/C5H6N4O4/c10-4(8-12)2-3(5(11)9-13)7-1-6-2/h1,12-13H,(H,6,7)(H,8,10)(H,9,11). The Morgan fingerprint density at radius 1 is 1.31 bits per heavy atom. The molecule has 13 heavy (non-hydrogen) atoms. The van der Waals surface area contributed by atoms with Crippen molar-refractivity contribution in [2.45, 2.75) is 0 Å². The number of nitrogens with zero attached hydrogens (tertiary/aromatic N) is 1. The van der Waals surface area contributed by atoms with Gasteiger partial charge in [-0.1, -0.05) is 0 Å². The third kappa shape index (κ3) is 1.63. The zero-order valence-electron chi connectivity index (χ0n) is 6.24. The smallest absolute Gasteiger partial charge is 0.295 e. The van der Waals surface area contributed by atoms with Crippen molar-refractivity contribution in [3.63, 3.8) is 0 Å². The summed E-state index contributed by atoms with van der Waals surface area (Å²) in [7, 11) is 0. The minimum Gasteiger partial charge on any atom is -0.340 e. The number of carbonyl (C=O) groups excluding carboxylic acids is 2. The van der Waals surface area contributed by atoms with Gasteiger partial charge >= 0.3 is 0 Å². The maximum absolute atomic E-state index is 10.8. The lowest BCUT2D eigenvalue weighted by molar-refractivity contribution is 0.0665. The predicted octanol–water partition coefficient (Wildman–Crippen LogP) is -1.35. The Bertz CT molecular complexity index is 303. The molecule has 5 N–H and O–H groups in total. The normalized spacial score (nSPS) is 9.38. The summed E-state index contributed by atoms with van der Waals surface area (Å²) in [6.07, 6.45) is 1.08. The number of amides is 2. The molecule has 0 aliphatic carbocycles. The average molecular weight is 186 g/mol. The zero-order valence-corrected chi connectivity index (χ0v) is 6.24. The molecule has 70 valence electrons. The number of H-pyrrole nitrogens is 1. The van der Waals surface area contributed by atoms with Crippen LogP contribution in [0.3, 0.4) is 0 Å². The summed E-state index contributed by atoms with van der Waals surface area (Å²) in [6.45, 7) is 0. The van der Waals surface area contributed by atoms with Crippen molar-refractivity contribution in [3.8, 4) is 0 Å². The molecule has 1 aromatic heterocycles. The number of hydroxylamine groups is 2. The van der Waals surface area contributed by atoms with Gasteiger partial charge in [-0.05, 0) is 0 Å². The highest BCUT2D eigenvalue weighted by Gasteiger charge is 2.19. The first kappa shape index (κ1) is 9.16. The van der Waals surface area contributed by atoms with E-state index in [0.29, 0.717) is 0 Å². The average Bonchev–Trinajstić information content (AvgIpc) is 2.63. The molecule has 8 heteroatoms. The molecule has 1 aromatic rings. The van der Waals surface area contributed by atoms with Crippen LogP contribution >= 0.6 is 0 Å². The summed E-state index contributed by atoms with van der Waals surface area (Å²) >= 11 is 0. The van der Waals surface area contributed by atoms with Crippen molar-refractivity contribution < 1.29 is 20.0 Å². The van der Waals surface area contributed by atoms with Crippen LogP contribution < -0.4 is 11.0 Å². The molecule has 0 fully saturated rings. The number of hydrogen-bond donors (Lipinski definition) is 5. The third-order valence-electron chi connectivity index (χ3n) is 1.28. The van der Waals surface area contributed by atoms with Gasteiger partial charge in [-0.3, -0.25) is 20.0 Å². The van der Waals surface area contributed by atoms with Crippen LogP contribution in [-0.2, 0) is 0 Å². The fourth-order valence-corrected chi connectivity index (χ4v) is 0.748. The molecule has 0 aliphatic rings. The summed E-state index contributed by atoms with van der Waals surface area (Å²) in [6, 6.07) is 0. The summed E-state index contributed by atoms with van der Waals surface area (Å²) in [5.41, 5.74) is 2.07. The van der Waals surface area contributed by atoms with Crippen LogP contribution in [0, 0.1) is 0 Å². The number of imidazole rings is 1. The highest BCUT2D eigenvalue weighted by Crippen LogP contribution is 2.01. The molecule has 8 nitrogen and oxygen atoms in total. The number of aromatic nitrogens is 2. The number of carbonyl (C=O) groups is 2. The molecule has 1 heterocycles. The molecule has 0 aromatic carbocycles. The van der Waals surface area contributed by atoms with Gasteiger partial charge in [-0.15, -0.1) is 0 Å². The van der Waals surface area contributed by atoms with Crippen molar-refractivity contribution in [1.29, 1.82) is 0 Å². The van der Waals surface area contributed by atoms with Gasteiger partial charge in [0, 0.05) is 0 Å². The van der Waals surface area contributed by atoms with Gasteiger partial charge in [0.15, 0.2) is 5.69 Å². The van der Waals surface area contributed by atoms with Gasteiger partial charge in [0.2, 0.25) is 0 Å². The van der Waals surface area contributed by atoms with E-state index in [1.54, 1.807) is 0 Å². The Balaban J connectivity index is 3.02. The topological polar surface area (TPSA) is 127 Å². The lowest BCUT2D eigenvalue weighted by Crippen LogP contribution is -2.26. The Kier molecular flexibility index (Phi) is 2.57. The lowest BCUT2D eigenvalue weighted by Gasteiger charge is -1.97. The zero-order chi connectivity index (χ0) is 9.84. The molecule has 0 bridgehead atoms. The van der Waals surface area contributed by atoms with E-state index in [1.165, 1.54) is 11.0 Å². The first-order valence-electron chi connectivity index (χ1n) is 3.13. The maximum atomic E-state index is 10.8. The van der Waals surface area contributed by atoms with Crippen molar-refractivity contribution in [2.75, 3.05) is 0 Å². The second kappa shape index (κ2) is 3.65. The summed E-state index contributed by atoms with van der Waals surface area (Å²) in [5, 5.41) is 16.5. The van der Waals surface area contributed by atoms with Crippen LogP contribution in [0.5, 0.6) is 0 Å². The van der Waals surface area contributed by atoms with Crippen LogP contribution in [-0.4, -0.2) is 32.2 Å². The van der Waals surface area contributed by atoms with Crippen LogP contribution in [0.4, 0.5) is 0 Å². The highest BCUT2D eigenvalue weighted by molar-refractivity contribution is 6.03. The first-order chi connectivity index (χ1) is 6.20. The van der Waals surface area contributed by atoms with E-state index in [1.807, 2.05) is 0 Å². The van der Waals surface area contributed by atoms with Crippen LogP contribution in [0.25, 0.3) is 0 Å². The van der Waals surface area contributed by atoms with E-state index in [4.69, 9.17) is 10.4 Å². The number of nitrogens with one attached hydrogen (secondary N) is 3. The fraction of sp³-hybridized carbons (Fsp3) is 0. The van der Waals surface area contributed by atoms with Crippen molar-refractivity contribution in [2.24, 2.45) is 0 Å². The van der Waals surface area contributed by atoms with Crippen LogP contribution in [0.15, 0.2) is 6.33 Å². The Hall–Kier alpha value is -1.93. The van der Waals surface area contributed by atoms with E-state index in [2.05, 4.69) is 9.97 Å². The molecule has 0 aliphatic heterocycles. The largest absolute Gasteiger partial charge is 0.340 e. The second-order valence-corrected chi connectivity index (χ2v) is 2.01. The summed E-state index contributed by atoms with van der Waals surface area (Å²) < 4.78 is 0. The summed E-state index contributed by atoms with van der Waals surface area (Å²) in [5.74, 6) is -1.86. The van der Waals surface area contributed by atoms with Crippen molar-refractivity contribution in [3.05, 3.63) is 17.7 Å². The first-order valence-corrected chi connectivity index (χ1v) is 3.13. The van der Waals surface area contributed by atoms with Gasteiger partial charge < -0.3 is 4.98 Å². The van der Waals surface area contributed by atoms with E-state index in [-0.39, 0.29) is 11.4 Å². The Morgan fingerprint density at radius 3 is 2.46 bits per heavy atom. The summed E-state index contributed by atoms with van der Waals surface area (Å²) in [4.78, 5) is 27.4. The molecule has 0 saturated heterocycles. The quantitative estimate of drug-likeness (QED) is 0.288. The number of aromatic amines is 1. The molecule has 0 saturated carbocycles. The highest BCUT2D eigenvalue weighted by atomic mass is 16.5. The van der Waals surface area contributed by atoms with E-state index in [0.717, 1.165) is 6.33 Å². The van der Waals surface area contributed by atoms with E-state index >= 15 is 0 Å². The molecule has 0 radical (unpaired) electrons. The van der Waals surface area contributed by atoms with Crippen LogP contribution in [0.1, 0.15) is 21.0 Å². The molecule has 0 spiro atoms. The maximum Gasteiger partial charge on any atom is 0.295 e. The van der Waals surface area contributed by atoms with Crippen molar-refractivity contribution in [1.82, 2.24) is 20.9 Å². The Labute approximate surface area is 71.5 Å². The van der Waals surface area contributed by atoms with Crippen molar-refractivity contribution >= 4 is 11.8 Å². The molecule has 2 amide bonds. The van der Waals surface area contributed by atoms with Gasteiger partial charge in [0.1, 0.15) is 5.69 Å².